The molecule has 0 unspecified atom stereocenters. The fraction of sp³-hybridized carbons (Fsp3) is 0.143. The van der Waals surface area contributed by atoms with Gasteiger partial charge in [0.1, 0.15) is 11.6 Å². The highest BCUT2D eigenvalue weighted by atomic mass is 32.2. The Morgan fingerprint density at radius 1 is 1.14 bits per heavy atom. The molecule has 4 nitrogen and oxygen atoms in total. The van der Waals surface area contributed by atoms with Gasteiger partial charge in [-0.1, -0.05) is 6.07 Å². The van der Waals surface area contributed by atoms with E-state index in [-0.39, 0.29) is 22.7 Å². The quantitative estimate of drug-likeness (QED) is 0.942. The average Bonchev–Trinajstić information content (AvgIpc) is 2.46. The highest BCUT2D eigenvalue weighted by Gasteiger charge is 2.22. The number of nitrogens with zero attached hydrogens (tertiary/aromatic N) is 1. The van der Waals surface area contributed by atoms with Gasteiger partial charge in [0, 0.05) is 19.2 Å². The van der Waals surface area contributed by atoms with Crippen molar-refractivity contribution < 1.29 is 17.2 Å². The molecule has 0 aliphatic carbocycles. The van der Waals surface area contributed by atoms with E-state index in [1.54, 1.807) is 0 Å². The molecule has 0 amide bonds. The smallest absolute Gasteiger partial charge is 0.264 e. The summed E-state index contributed by atoms with van der Waals surface area (Å²) in [4.78, 5) is -0.101. The second-order valence-electron chi connectivity index (χ2n) is 4.41. The lowest BCUT2D eigenvalue weighted by Crippen LogP contribution is -2.26. The summed E-state index contributed by atoms with van der Waals surface area (Å²) in [6, 6.07) is 8.58. The second-order valence-corrected chi connectivity index (χ2v) is 6.38. The molecule has 112 valence electrons. The highest BCUT2D eigenvalue weighted by molar-refractivity contribution is 7.92. The first-order valence-corrected chi connectivity index (χ1v) is 7.53. The van der Waals surface area contributed by atoms with Crippen LogP contribution in [0.5, 0.6) is 0 Å². The zero-order valence-corrected chi connectivity index (χ0v) is 12.1. The first-order chi connectivity index (χ1) is 9.86. The summed E-state index contributed by atoms with van der Waals surface area (Å²) in [5, 5.41) is 0. The second kappa shape index (κ2) is 5.79. The summed E-state index contributed by atoms with van der Waals surface area (Å²) in [5.41, 5.74) is 5.65. The summed E-state index contributed by atoms with van der Waals surface area (Å²) in [6.07, 6.45) is 0. The van der Waals surface area contributed by atoms with Crippen LogP contribution in [0.15, 0.2) is 47.4 Å². The number of halogens is 2. The van der Waals surface area contributed by atoms with Crippen molar-refractivity contribution in [3.8, 4) is 0 Å². The van der Waals surface area contributed by atoms with Gasteiger partial charge in [-0.25, -0.2) is 17.2 Å². The topological polar surface area (TPSA) is 63.4 Å². The maximum absolute atomic E-state index is 13.4. The third-order valence-corrected chi connectivity index (χ3v) is 4.85. The van der Waals surface area contributed by atoms with E-state index < -0.39 is 21.7 Å². The zero-order chi connectivity index (χ0) is 15.6. The molecule has 0 heterocycles. The molecule has 0 bridgehead atoms. The average molecular weight is 312 g/mol. The van der Waals surface area contributed by atoms with E-state index in [0.29, 0.717) is 0 Å². The van der Waals surface area contributed by atoms with Crippen molar-refractivity contribution in [2.45, 2.75) is 11.4 Å². The molecular weight excluding hydrogens is 298 g/mol. The van der Waals surface area contributed by atoms with E-state index in [1.165, 1.54) is 31.3 Å². The third kappa shape index (κ3) is 3.03. The fourth-order valence-corrected chi connectivity index (χ4v) is 3.08. The van der Waals surface area contributed by atoms with Gasteiger partial charge in [0.2, 0.25) is 0 Å². The van der Waals surface area contributed by atoms with Gasteiger partial charge < -0.3 is 5.73 Å². The Bertz CT molecular complexity index is 763. The molecule has 2 aromatic rings. The standard InChI is InChI=1S/C14H14F2N2O2S/c1-18(12-4-2-3-11(15)8-12)21(19,20)13-5-6-14(16)10(7-13)9-17/h2-8H,9,17H2,1H3. The normalized spacial score (nSPS) is 11.4. The van der Waals surface area contributed by atoms with Gasteiger partial charge in [-0.05, 0) is 36.4 Å². The largest absolute Gasteiger partial charge is 0.326 e. The van der Waals surface area contributed by atoms with Crippen LogP contribution in [0.25, 0.3) is 0 Å². The van der Waals surface area contributed by atoms with Crippen molar-refractivity contribution in [2.24, 2.45) is 5.73 Å². The van der Waals surface area contributed by atoms with Crippen molar-refractivity contribution >= 4 is 15.7 Å². The van der Waals surface area contributed by atoms with Gasteiger partial charge >= 0.3 is 0 Å². The number of sulfonamides is 1. The molecule has 0 spiro atoms. The van der Waals surface area contributed by atoms with Crippen molar-refractivity contribution in [1.82, 2.24) is 0 Å². The van der Waals surface area contributed by atoms with E-state index in [2.05, 4.69) is 0 Å². The van der Waals surface area contributed by atoms with Gasteiger partial charge in [0.05, 0.1) is 10.6 Å². The molecular formula is C14H14F2N2O2S. The molecule has 0 fully saturated rings. The molecule has 2 aromatic carbocycles. The van der Waals surface area contributed by atoms with Crippen LogP contribution in [0.3, 0.4) is 0 Å². The monoisotopic (exact) mass is 312 g/mol. The Morgan fingerprint density at radius 2 is 1.86 bits per heavy atom. The van der Waals surface area contributed by atoms with Gasteiger partial charge in [-0.2, -0.15) is 0 Å². The van der Waals surface area contributed by atoms with Crippen LogP contribution < -0.4 is 10.0 Å². The molecule has 21 heavy (non-hydrogen) atoms. The predicted octanol–water partition coefficient (Wildman–Crippen LogP) is 2.25. The first kappa shape index (κ1) is 15.4. The van der Waals surface area contributed by atoms with E-state index in [1.807, 2.05) is 0 Å². The van der Waals surface area contributed by atoms with Crippen LogP contribution in [0.2, 0.25) is 0 Å². The van der Waals surface area contributed by atoms with E-state index in [4.69, 9.17) is 5.73 Å². The summed E-state index contributed by atoms with van der Waals surface area (Å²) >= 11 is 0. The highest BCUT2D eigenvalue weighted by Crippen LogP contribution is 2.24. The summed E-state index contributed by atoms with van der Waals surface area (Å²) in [5.74, 6) is -1.11. The van der Waals surface area contributed by atoms with Crippen molar-refractivity contribution in [1.29, 1.82) is 0 Å². The SMILES string of the molecule is CN(c1cccc(F)c1)S(=O)(=O)c1ccc(F)c(CN)c1. The van der Waals surface area contributed by atoms with Gasteiger partial charge in [0.25, 0.3) is 10.0 Å². The van der Waals surface area contributed by atoms with Crippen molar-refractivity contribution in [3.63, 3.8) is 0 Å². The number of anilines is 1. The van der Waals surface area contributed by atoms with E-state index >= 15 is 0 Å². The molecule has 7 heteroatoms. The van der Waals surface area contributed by atoms with Crippen molar-refractivity contribution in [2.75, 3.05) is 11.4 Å². The summed E-state index contributed by atoms with van der Waals surface area (Å²) < 4.78 is 52.5. The van der Waals surface area contributed by atoms with Crippen molar-refractivity contribution in [3.05, 3.63) is 59.7 Å². The molecule has 2 N–H and O–H groups in total. The van der Waals surface area contributed by atoms with Gasteiger partial charge in [0.15, 0.2) is 0 Å². The molecule has 0 saturated heterocycles. The minimum Gasteiger partial charge on any atom is -0.326 e. The summed E-state index contributed by atoms with van der Waals surface area (Å²) in [7, 11) is -2.61. The number of hydrogen-bond donors (Lipinski definition) is 1. The zero-order valence-electron chi connectivity index (χ0n) is 11.3. The number of rotatable bonds is 4. The van der Waals surface area contributed by atoms with Crippen LogP contribution in [-0.4, -0.2) is 15.5 Å². The molecule has 0 aromatic heterocycles. The minimum atomic E-state index is -3.91. The lowest BCUT2D eigenvalue weighted by Gasteiger charge is -2.20. The molecule has 0 aliphatic heterocycles. The molecule has 0 saturated carbocycles. The Balaban J connectivity index is 2.46. The van der Waals surface area contributed by atoms with E-state index in [9.17, 15) is 17.2 Å². The van der Waals surface area contributed by atoms with Crippen LogP contribution in [0.1, 0.15) is 5.56 Å². The fourth-order valence-electron chi connectivity index (χ4n) is 1.84. The number of nitrogens with two attached hydrogens (primary N) is 1. The maximum Gasteiger partial charge on any atom is 0.264 e. The van der Waals surface area contributed by atoms with Crippen LogP contribution in [0.4, 0.5) is 14.5 Å². The molecule has 0 atom stereocenters. The molecule has 2 rings (SSSR count). The lowest BCUT2D eigenvalue weighted by molar-refractivity contribution is 0.590. The Labute approximate surface area is 121 Å². The van der Waals surface area contributed by atoms with Gasteiger partial charge in [-0.3, -0.25) is 4.31 Å². The minimum absolute atomic E-state index is 0.101. The third-order valence-electron chi connectivity index (χ3n) is 3.07. The van der Waals surface area contributed by atoms with E-state index in [0.717, 1.165) is 22.5 Å². The lowest BCUT2D eigenvalue weighted by atomic mass is 10.2. The van der Waals surface area contributed by atoms with Gasteiger partial charge in [-0.15, -0.1) is 0 Å². The number of hydrogen-bond acceptors (Lipinski definition) is 3. The Morgan fingerprint density at radius 3 is 2.48 bits per heavy atom. The maximum atomic E-state index is 13.4. The van der Waals surface area contributed by atoms with Crippen LogP contribution in [0, 0.1) is 11.6 Å². The summed E-state index contributed by atoms with van der Waals surface area (Å²) in [6.45, 7) is -0.112. The molecule has 0 radical (unpaired) electrons. The Hall–Kier alpha value is -1.99. The Kier molecular flexibility index (Phi) is 4.24. The predicted molar refractivity (Wildman–Crippen MR) is 76.3 cm³/mol. The molecule has 0 aliphatic rings. The number of benzene rings is 2. The van der Waals surface area contributed by atoms with Crippen LogP contribution in [-0.2, 0) is 16.6 Å². The van der Waals surface area contributed by atoms with Crippen LogP contribution >= 0.6 is 0 Å². The first-order valence-electron chi connectivity index (χ1n) is 6.09.